The number of rotatable bonds is 4. The summed E-state index contributed by atoms with van der Waals surface area (Å²) in [7, 11) is -4.00. The molecule has 0 aliphatic heterocycles. The number of carbonyl (C=O) groups excluding carboxylic acids is 1. The van der Waals surface area contributed by atoms with Crippen LogP contribution in [0.15, 0.2) is 23.4 Å². The molecule has 6 nitrogen and oxygen atoms in total. The number of amides is 1. The van der Waals surface area contributed by atoms with Crippen molar-refractivity contribution < 1.29 is 22.0 Å². The number of halogens is 2. The number of nitrogens with one attached hydrogen (secondary N) is 1. The minimum absolute atomic E-state index is 0.0378. The summed E-state index contributed by atoms with van der Waals surface area (Å²) in [6, 6.07) is 2.53. The average Bonchev–Trinajstić information content (AvgIpc) is 3.30. The lowest BCUT2D eigenvalue weighted by Gasteiger charge is -2.35. The Hall–Kier alpha value is -1.61. The number of sulfonamides is 1. The second kappa shape index (κ2) is 6.03. The van der Waals surface area contributed by atoms with Gasteiger partial charge in [0.15, 0.2) is 5.03 Å². The molecule has 2 fully saturated rings. The van der Waals surface area contributed by atoms with Crippen LogP contribution in [0.2, 0.25) is 0 Å². The van der Waals surface area contributed by atoms with Gasteiger partial charge in [-0.3, -0.25) is 4.79 Å². The molecule has 1 heterocycles. The maximum atomic E-state index is 13.7. The third kappa shape index (κ3) is 3.89. The van der Waals surface area contributed by atoms with Crippen LogP contribution >= 0.6 is 0 Å². The molecule has 0 saturated heterocycles. The molecule has 2 aliphatic rings. The molecule has 0 bridgehead atoms. The van der Waals surface area contributed by atoms with Gasteiger partial charge in [-0.25, -0.2) is 27.3 Å². The van der Waals surface area contributed by atoms with Gasteiger partial charge in [0.2, 0.25) is 11.8 Å². The van der Waals surface area contributed by atoms with E-state index in [0.29, 0.717) is 12.3 Å². The van der Waals surface area contributed by atoms with E-state index in [1.165, 1.54) is 12.3 Å². The second-order valence-electron chi connectivity index (χ2n) is 6.62. The number of anilines is 1. The minimum Gasteiger partial charge on any atom is -0.326 e. The Labute approximate surface area is 138 Å². The number of pyridine rings is 1. The number of aromatic nitrogens is 1. The zero-order chi connectivity index (χ0) is 17.5. The fourth-order valence-corrected chi connectivity index (χ4v) is 3.91. The predicted molar refractivity (Wildman–Crippen MR) is 82.7 cm³/mol. The maximum absolute atomic E-state index is 13.7. The number of carbonyl (C=O) groups is 1. The van der Waals surface area contributed by atoms with Gasteiger partial charge >= 0.3 is 0 Å². The van der Waals surface area contributed by atoms with Crippen molar-refractivity contribution in [3.05, 3.63) is 18.3 Å². The highest BCUT2D eigenvalue weighted by atomic mass is 32.2. The topological polar surface area (TPSA) is 102 Å². The highest BCUT2D eigenvalue weighted by molar-refractivity contribution is 7.89. The number of alkyl halides is 2. The molecule has 2 saturated carbocycles. The number of nitrogens with zero attached hydrogens (tertiary/aromatic N) is 1. The molecule has 9 heteroatoms. The van der Waals surface area contributed by atoms with Crippen LogP contribution in [0, 0.1) is 17.8 Å². The summed E-state index contributed by atoms with van der Waals surface area (Å²) >= 11 is 0. The van der Waals surface area contributed by atoms with Crippen LogP contribution in [0.1, 0.15) is 32.1 Å². The van der Waals surface area contributed by atoms with Gasteiger partial charge in [0, 0.05) is 36.7 Å². The summed E-state index contributed by atoms with van der Waals surface area (Å²) in [5.74, 6) is -3.80. The van der Waals surface area contributed by atoms with E-state index >= 15 is 0 Å². The molecule has 1 aromatic heterocycles. The Balaban J connectivity index is 1.77. The van der Waals surface area contributed by atoms with Crippen molar-refractivity contribution in [2.24, 2.45) is 22.9 Å². The van der Waals surface area contributed by atoms with Crippen molar-refractivity contribution in [2.45, 2.75) is 43.1 Å². The number of nitrogens with two attached hydrogens (primary N) is 1. The summed E-state index contributed by atoms with van der Waals surface area (Å²) in [5, 5.41) is 7.16. The Morgan fingerprint density at radius 3 is 2.67 bits per heavy atom. The van der Waals surface area contributed by atoms with Crippen molar-refractivity contribution in [2.75, 3.05) is 5.32 Å². The first-order valence-corrected chi connectivity index (χ1v) is 9.38. The predicted octanol–water partition coefficient (Wildman–Crippen LogP) is 2.13. The standard InChI is InChI=1S/C15H19F2N3O3S/c16-15(17)5-3-11(9-1-2-9)12(8-15)14(21)20-10-4-6-19-13(7-10)24(18,22)23/h4,6-7,9,11-12H,1-3,5,8H2,(H2,18,22,23)(H,19,20,21)/t11-,12-/m1/s1. The van der Waals surface area contributed by atoms with Gasteiger partial charge < -0.3 is 5.32 Å². The third-order valence-corrected chi connectivity index (χ3v) is 5.54. The summed E-state index contributed by atoms with van der Waals surface area (Å²) in [5.41, 5.74) is 0.183. The van der Waals surface area contributed by atoms with Crippen LogP contribution in [0.3, 0.4) is 0 Å². The van der Waals surface area contributed by atoms with Crippen LogP contribution in [-0.2, 0) is 14.8 Å². The highest BCUT2D eigenvalue weighted by Gasteiger charge is 2.49. The molecule has 132 valence electrons. The lowest BCUT2D eigenvalue weighted by atomic mass is 9.74. The quantitative estimate of drug-likeness (QED) is 0.859. The van der Waals surface area contributed by atoms with E-state index in [1.807, 2.05) is 0 Å². The molecule has 24 heavy (non-hydrogen) atoms. The van der Waals surface area contributed by atoms with Crippen LogP contribution in [0.5, 0.6) is 0 Å². The number of hydrogen-bond acceptors (Lipinski definition) is 4. The molecule has 0 spiro atoms. The molecular formula is C15H19F2N3O3S. The highest BCUT2D eigenvalue weighted by Crippen LogP contribution is 2.50. The monoisotopic (exact) mass is 359 g/mol. The van der Waals surface area contributed by atoms with E-state index in [2.05, 4.69) is 10.3 Å². The molecule has 3 rings (SSSR count). The molecule has 2 aliphatic carbocycles. The normalized spacial score (nSPS) is 26.8. The summed E-state index contributed by atoms with van der Waals surface area (Å²) in [4.78, 5) is 16.1. The van der Waals surface area contributed by atoms with Gasteiger partial charge in [0.05, 0.1) is 0 Å². The maximum Gasteiger partial charge on any atom is 0.255 e. The SMILES string of the molecule is NS(=O)(=O)c1cc(NC(=O)[C@@H]2CC(F)(F)CC[C@@H]2C2CC2)ccn1. The van der Waals surface area contributed by atoms with Crippen molar-refractivity contribution in [3.8, 4) is 0 Å². The van der Waals surface area contributed by atoms with E-state index in [4.69, 9.17) is 5.14 Å². The first kappa shape index (κ1) is 17.2. The fraction of sp³-hybridized carbons (Fsp3) is 0.600. The Kier molecular flexibility index (Phi) is 4.33. The summed E-state index contributed by atoms with van der Waals surface area (Å²) < 4.78 is 50.1. The summed E-state index contributed by atoms with van der Waals surface area (Å²) in [6.07, 6.45) is 2.85. The first-order valence-electron chi connectivity index (χ1n) is 7.83. The molecule has 0 unspecified atom stereocenters. The third-order valence-electron chi connectivity index (χ3n) is 4.74. The smallest absolute Gasteiger partial charge is 0.255 e. The average molecular weight is 359 g/mol. The van der Waals surface area contributed by atoms with E-state index < -0.39 is 34.2 Å². The van der Waals surface area contributed by atoms with Crippen LogP contribution in [0.4, 0.5) is 14.5 Å². The molecule has 1 aromatic rings. The fourth-order valence-electron chi connectivity index (χ4n) is 3.41. The van der Waals surface area contributed by atoms with E-state index in [0.717, 1.165) is 18.9 Å². The summed E-state index contributed by atoms with van der Waals surface area (Å²) in [6.45, 7) is 0. The van der Waals surface area contributed by atoms with Gasteiger partial charge in [-0.2, -0.15) is 0 Å². The second-order valence-corrected chi connectivity index (χ2v) is 8.13. The van der Waals surface area contributed by atoms with Crippen LogP contribution in [-0.4, -0.2) is 25.2 Å². The minimum atomic E-state index is -4.00. The molecule has 0 aromatic carbocycles. The van der Waals surface area contributed by atoms with E-state index in [9.17, 15) is 22.0 Å². The number of hydrogen-bond donors (Lipinski definition) is 2. The number of primary sulfonamides is 1. The zero-order valence-electron chi connectivity index (χ0n) is 12.9. The van der Waals surface area contributed by atoms with Gasteiger partial charge in [-0.15, -0.1) is 0 Å². The first-order chi connectivity index (χ1) is 11.2. The van der Waals surface area contributed by atoms with Crippen molar-refractivity contribution in [1.82, 2.24) is 4.98 Å². The van der Waals surface area contributed by atoms with E-state index in [1.54, 1.807) is 0 Å². The zero-order valence-corrected chi connectivity index (χ0v) is 13.7. The lowest BCUT2D eigenvalue weighted by Crippen LogP contribution is -2.40. The van der Waals surface area contributed by atoms with Crippen molar-refractivity contribution in [3.63, 3.8) is 0 Å². The van der Waals surface area contributed by atoms with Crippen LogP contribution < -0.4 is 10.5 Å². The van der Waals surface area contributed by atoms with Crippen LogP contribution in [0.25, 0.3) is 0 Å². The van der Waals surface area contributed by atoms with E-state index in [-0.39, 0.29) is 23.1 Å². The van der Waals surface area contributed by atoms with Gasteiger partial charge in [0.1, 0.15) is 0 Å². The van der Waals surface area contributed by atoms with Crippen molar-refractivity contribution in [1.29, 1.82) is 0 Å². The largest absolute Gasteiger partial charge is 0.326 e. The Morgan fingerprint density at radius 1 is 1.33 bits per heavy atom. The molecule has 1 amide bonds. The molecular weight excluding hydrogens is 340 g/mol. The Morgan fingerprint density at radius 2 is 2.04 bits per heavy atom. The molecule has 2 atom stereocenters. The van der Waals surface area contributed by atoms with Crippen molar-refractivity contribution >= 4 is 21.6 Å². The molecule has 0 radical (unpaired) electrons. The van der Waals surface area contributed by atoms with Gasteiger partial charge in [-0.1, -0.05) is 0 Å². The Bertz CT molecular complexity index is 750. The van der Waals surface area contributed by atoms with Gasteiger partial charge in [-0.05, 0) is 37.2 Å². The lowest BCUT2D eigenvalue weighted by molar-refractivity contribution is -0.132. The van der Waals surface area contributed by atoms with Gasteiger partial charge in [0.25, 0.3) is 10.0 Å². The molecule has 3 N–H and O–H groups in total.